The van der Waals surface area contributed by atoms with Crippen molar-refractivity contribution >= 4 is 28.9 Å². The fourth-order valence-corrected chi connectivity index (χ4v) is 2.43. The zero-order valence-corrected chi connectivity index (χ0v) is 10.5. The quantitative estimate of drug-likeness (QED) is 0.764. The van der Waals surface area contributed by atoms with E-state index in [1.165, 1.54) is 0 Å². The first-order valence-electron chi connectivity index (χ1n) is 5.25. The van der Waals surface area contributed by atoms with E-state index < -0.39 is 0 Å². The lowest BCUT2D eigenvalue weighted by molar-refractivity contribution is 0.615. The van der Waals surface area contributed by atoms with Crippen LogP contribution in [0.4, 0.5) is 5.69 Å². The van der Waals surface area contributed by atoms with E-state index in [-0.39, 0.29) is 12.0 Å². The third-order valence-electron chi connectivity index (χ3n) is 3.16. The number of halogens is 2. The van der Waals surface area contributed by atoms with Gasteiger partial charge in [-0.3, -0.25) is 0 Å². The minimum Gasteiger partial charge on any atom is -0.367 e. The number of rotatable bonds is 1. The van der Waals surface area contributed by atoms with Crippen molar-refractivity contribution in [2.24, 2.45) is 5.92 Å². The van der Waals surface area contributed by atoms with E-state index in [9.17, 15) is 0 Å². The monoisotopic (exact) mass is 254 g/mol. The molecule has 2 nitrogen and oxygen atoms in total. The van der Waals surface area contributed by atoms with Crippen LogP contribution in [0.3, 0.4) is 0 Å². The van der Waals surface area contributed by atoms with Gasteiger partial charge in [0.05, 0.1) is 22.0 Å². The van der Waals surface area contributed by atoms with Crippen molar-refractivity contribution < 1.29 is 0 Å². The van der Waals surface area contributed by atoms with Gasteiger partial charge in [-0.05, 0) is 31.5 Å². The highest BCUT2D eigenvalue weighted by molar-refractivity contribution is 6.42. The van der Waals surface area contributed by atoms with Crippen molar-refractivity contribution in [3.63, 3.8) is 0 Å². The van der Waals surface area contributed by atoms with Crippen molar-refractivity contribution in [1.29, 1.82) is 5.26 Å². The topological polar surface area (TPSA) is 27.0 Å². The first-order valence-corrected chi connectivity index (χ1v) is 6.00. The number of benzene rings is 1. The van der Waals surface area contributed by atoms with Gasteiger partial charge in [-0.25, -0.2) is 0 Å². The normalized spacial score (nSPS) is 24.5. The van der Waals surface area contributed by atoms with Gasteiger partial charge in [0.1, 0.15) is 0 Å². The van der Waals surface area contributed by atoms with Gasteiger partial charge < -0.3 is 4.90 Å². The van der Waals surface area contributed by atoms with Crippen molar-refractivity contribution in [2.45, 2.75) is 19.4 Å². The molecule has 0 aliphatic carbocycles. The van der Waals surface area contributed by atoms with Crippen LogP contribution in [0, 0.1) is 17.2 Å². The molecule has 1 aromatic rings. The molecule has 1 heterocycles. The summed E-state index contributed by atoms with van der Waals surface area (Å²) < 4.78 is 0. The Bertz CT molecular complexity index is 439. The van der Waals surface area contributed by atoms with E-state index in [2.05, 4.69) is 17.9 Å². The molecule has 1 aromatic carbocycles. The highest BCUT2D eigenvalue weighted by atomic mass is 35.5. The molecule has 0 saturated carbocycles. The second-order valence-corrected chi connectivity index (χ2v) is 4.87. The summed E-state index contributed by atoms with van der Waals surface area (Å²) in [6.07, 6.45) is 0.915. The van der Waals surface area contributed by atoms with Crippen LogP contribution in [0.25, 0.3) is 0 Å². The Morgan fingerprint density at radius 3 is 2.69 bits per heavy atom. The lowest BCUT2D eigenvalue weighted by Gasteiger charge is -2.25. The molecule has 0 spiro atoms. The predicted octanol–water partition coefficient (Wildman–Crippen LogP) is 3.73. The molecule has 1 fully saturated rings. The van der Waals surface area contributed by atoms with Crippen LogP contribution in [-0.2, 0) is 0 Å². The summed E-state index contributed by atoms with van der Waals surface area (Å²) in [4.78, 5) is 2.20. The second-order valence-electron chi connectivity index (χ2n) is 4.06. The molecule has 0 amide bonds. The van der Waals surface area contributed by atoms with Gasteiger partial charge in [0.2, 0.25) is 0 Å². The Morgan fingerprint density at radius 2 is 2.12 bits per heavy atom. The highest BCUT2D eigenvalue weighted by Crippen LogP contribution is 2.33. The highest BCUT2D eigenvalue weighted by Gasteiger charge is 2.30. The Balaban J connectivity index is 2.26. The fraction of sp³-hybridized carbons (Fsp3) is 0.417. The fourth-order valence-electron chi connectivity index (χ4n) is 2.14. The van der Waals surface area contributed by atoms with Gasteiger partial charge in [-0.2, -0.15) is 5.26 Å². The predicted molar refractivity (Wildman–Crippen MR) is 67.0 cm³/mol. The molecule has 0 aromatic heterocycles. The zero-order valence-electron chi connectivity index (χ0n) is 8.95. The lowest BCUT2D eigenvalue weighted by Crippen LogP contribution is -2.29. The number of nitrogens with zero attached hydrogens (tertiary/aromatic N) is 2. The first-order chi connectivity index (χ1) is 7.63. The van der Waals surface area contributed by atoms with Crippen LogP contribution < -0.4 is 4.90 Å². The largest absolute Gasteiger partial charge is 0.367 e. The minimum absolute atomic E-state index is 0.106. The third-order valence-corrected chi connectivity index (χ3v) is 3.89. The minimum atomic E-state index is 0.106. The van der Waals surface area contributed by atoms with E-state index in [0.717, 1.165) is 18.7 Å². The van der Waals surface area contributed by atoms with E-state index in [1.807, 2.05) is 12.1 Å². The van der Waals surface area contributed by atoms with Gasteiger partial charge in [0, 0.05) is 18.3 Å². The van der Waals surface area contributed by atoms with Gasteiger partial charge in [0.25, 0.3) is 0 Å². The second kappa shape index (κ2) is 4.53. The van der Waals surface area contributed by atoms with Gasteiger partial charge in [-0.1, -0.05) is 23.2 Å². The SMILES string of the molecule is CC1C(C#N)CCN1c1ccc(Cl)c(Cl)c1. The van der Waals surface area contributed by atoms with Crippen molar-refractivity contribution in [3.8, 4) is 6.07 Å². The lowest BCUT2D eigenvalue weighted by atomic mass is 10.0. The zero-order chi connectivity index (χ0) is 11.7. The molecule has 2 unspecified atom stereocenters. The molecule has 1 aliphatic heterocycles. The maximum atomic E-state index is 8.98. The molecule has 1 aliphatic rings. The molecule has 4 heteroatoms. The summed E-state index contributed by atoms with van der Waals surface area (Å²) >= 11 is 11.9. The average Bonchev–Trinajstić information content (AvgIpc) is 2.64. The van der Waals surface area contributed by atoms with Crippen LogP contribution in [0.5, 0.6) is 0 Å². The molecule has 0 radical (unpaired) electrons. The maximum Gasteiger partial charge on any atom is 0.0681 e. The molecule has 0 bridgehead atoms. The van der Waals surface area contributed by atoms with Gasteiger partial charge in [0.15, 0.2) is 0 Å². The number of hydrogen-bond donors (Lipinski definition) is 0. The van der Waals surface area contributed by atoms with Gasteiger partial charge >= 0.3 is 0 Å². The summed E-state index contributed by atoms with van der Waals surface area (Å²) in [5.41, 5.74) is 1.04. The van der Waals surface area contributed by atoms with E-state index in [0.29, 0.717) is 10.0 Å². The van der Waals surface area contributed by atoms with Crippen LogP contribution in [0.1, 0.15) is 13.3 Å². The standard InChI is InChI=1S/C12H12Cl2N2/c1-8-9(7-15)4-5-16(8)10-2-3-11(13)12(14)6-10/h2-3,6,8-9H,4-5H2,1H3. The van der Waals surface area contributed by atoms with E-state index >= 15 is 0 Å². The summed E-state index contributed by atoms with van der Waals surface area (Å²) in [5.74, 6) is 0.106. The Hall–Kier alpha value is -0.910. The molecule has 0 N–H and O–H groups in total. The number of anilines is 1. The molecular weight excluding hydrogens is 243 g/mol. The maximum absolute atomic E-state index is 8.98. The van der Waals surface area contributed by atoms with Crippen LogP contribution in [0.2, 0.25) is 10.0 Å². The Morgan fingerprint density at radius 1 is 1.38 bits per heavy atom. The smallest absolute Gasteiger partial charge is 0.0681 e. The van der Waals surface area contributed by atoms with Crippen molar-refractivity contribution in [1.82, 2.24) is 0 Å². The molecule has 2 rings (SSSR count). The molecule has 16 heavy (non-hydrogen) atoms. The summed E-state index contributed by atoms with van der Waals surface area (Å²) in [7, 11) is 0. The van der Waals surface area contributed by atoms with Crippen LogP contribution >= 0.6 is 23.2 Å². The summed E-state index contributed by atoms with van der Waals surface area (Å²) in [5, 5.41) is 10.1. The summed E-state index contributed by atoms with van der Waals surface area (Å²) in [6.45, 7) is 2.97. The first kappa shape index (κ1) is 11.6. The third kappa shape index (κ3) is 1.98. The summed E-state index contributed by atoms with van der Waals surface area (Å²) in [6, 6.07) is 8.18. The van der Waals surface area contributed by atoms with Crippen LogP contribution in [-0.4, -0.2) is 12.6 Å². The Labute approximate surface area is 105 Å². The van der Waals surface area contributed by atoms with E-state index in [1.54, 1.807) is 6.07 Å². The van der Waals surface area contributed by atoms with Crippen molar-refractivity contribution in [3.05, 3.63) is 28.2 Å². The molecule has 84 valence electrons. The molecule has 2 atom stereocenters. The molecule has 1 saturated heterocycles. The Kier molecular flexibility index (Phi) is 3.28. The average molecular weight is 255 g/mol. The van der Waals surface area contributed by atoms with Crippen molar-refractivity contribution in [2.75, 3.05) is 11.4 Å². The van der Waals surface area contributed by atoms with Gasteiger partial charge in [-0.15, -0.1) is 0 Å². The number of nitriles is 1. The molecular formula is C12H12Cl2N2. The van der Waals surface area contributed by atoms with Crippen LogP contribution in [0.15, 0.2) is 18.2 Å². The number of hydrogen-bond acceptors (Lipinski definition) is 2. The van der Waals surface area contributed by atoms with E-state index in [4.69, 9.17) is 28.5 Å².